The minimum atomic E-state index is 0.312. The molecule has 0 aliphatic carbocycles. The molecule has 2 aromatic heterocycles. The number of furan rings is 1. The Morgan fingerprint density at radius 1 is 1.28 bits per heavy atom. The van der Waals surface area contributed by atoms with E-state index in [1.54, 1.807) is 6.26 Å². The molecular weight excluding hydrogens is 226 g/mol. The summed E-state index contributed by atoms with van der Waals surface area (Å²) < 4.78 is 5.56. The summed E-state index contributed by atoms with van der Waals surface area (Å²) >= 11 is 0. The van der Waals surface area contributed by atoms with Crippen LogP contribution in [0.3, 0.4) is 0 Å². The first-order valence-electron chi connectivity index (χ1n) is 5.99. The zero-order valence-electron chi connectivity index (χ0n) is 10.4. The van der Waals surface area contributed by atoms with Gasteiger partial charge in [0.25, 0.3) is 0 Å². The molecule has 2 heterocycles. The molecule has 4 nitrogen and oxygen atoms in total. The number of hydrogen-bond acceptors (Lipinski definition) is 3. The third-order valence-electron chi connectivity index (χ3n) is 3.16. The molecule has 0 saturated carbocycles. The molecule has 3 N–H and O–H groups in total. The van der Waals surface area contributed by atoms with Crippen LogP contribution in [-0.4, -0.2) is 10.2 Å². The lowest BCUT2D eigenvalue weighted by molar-refractivity contribution is 0.616. The first-order chi connectivity index (χ1) is 8.68. The molecule has 0 atom stereocenters. The fraction of sp³-hybridized carbons (Fsp3) is 0.214. The summed E-state index contributed by atoms with van der Waals surface area (Å²) in [6.07, 6.45) is 1.75. The number of hydrogen-bond donors (Lipinski definition) is 2. The van der Waals surface area contributed by atoms with Gasteiger partial charge in [-0.2, -0.15) is 5.10 Å². The maximum Gasteiger partial charge on any atom is 0.149 e. The number of nitrogens with zero attached hydrogens (tertiary/aromatic N) is 1. The van der Waals surface area contributed by atoms with E-state index in [-0.39, 0.29) is 0 Å². The van der Waals surface area contributed by atoms with Gasteiger partial charge in [0, 0.05) is 16.5 Å². The van der Waals surface area contributed by atoms with E-state index in [0.29, 0.717) is 11.7 Å². The predicted molar refractivity (Wildman–Crippen MR) is 72.3 cm³/mol. The SMILES string of the molecule is CC(C)c1c(N)n[nH]c1-c1coc2ccccc12. The monoisotopic (exact) mass is 241 g/mol. The van der Waals surface area contributed by atoms with Crippen LogP contribution in [0.5, 0.6) is 0 Å². The number of para-hydroxylation sites is 1. The normalized spacial score (nSPS) is 11.5. The van der Waals surface area contributed by atoms with Crippen LogP contribution in [0.2, 0.25) is 0 Å². The van der Waals surface area contributed by atoms with E-state index in [9.17, 15) is 0 Å². The van der Waals surface area contributed by atoms with Crippen LogP contribution in [-0.2, 0) is 0 Å². The van der Waals surface area contributed by atoms with Gasteiger partial charge in [0.1, 0.15) is 17.7 Å². The number of benzene rings is 1. The fourth-order valence-corrected chi connectivity index (χ4v) is 2.33. The molecule has 0 radical (unpaired) electrons. The van der Waals surface area contributed by atoms with Gasteiger partial charge in [-0.15, -0.1) is 0 Å². The molecule has 0 bridgehead atoms. The Hall–Kier alpha value is -2.23. The molecule has 92 valence electrons. The largest absolute Gasteiger partial charge is 0.464 e. The van der Waals surface area contributed by atoms with E-state index < -0.39 is 0 Å². The number of nitrogen functional groups attached to an aromatic ring is 1. The lowest BCUT2D eigenvalue weighted by Gasteiger charge is -2.05. The minimum absolute atomic E-state index is 0.312. The van der Waals surface area contributed by atoms with Crippen molar-refractivity contribution >= 4 is 16.8 Å². The molecular formula is C14H15N3O. The third-order valence-corrected chi connectivity index (χ3v) is 3.16. The lowest BCUT2D eigenvalue weighted by Crippen LogP contribution is -1.94. The fourth-order valence-electron chi connectivity index (χ4n) is 2.33. The summed E-state index contributed by atoms with van der Waals surface area (Å²) in [6, 6.07) is 7.94. The summed E-state index contributed by atoms with van der Waals surface area (Å²) in [6.45, 7) is 4.21. The van der Waals surface area contributed by atoms with Crippen LogP contribution >= 0.6 is 0 Å². The molecule has 3 rings (SSSR count). The van der Waals surface area contributed by atoms with Crippen molar-refractivity contribution in [2.75, 3.05) is 5.73 Å². The van der Waals surface area contributed by atoms with Gasteiger partial charge in [0.15, 0.2) is 0 Å². The number of aromatic nitrogens is 2. The quantitative estimate of drug-likeness (QED) is 0.721. The molecule has 0 spiro atoms. The zero-order valence-corrected chi connectivity index (χ0v) is 10.4. The van der Waals surface area contributed by atoms with Crippen LogP contribution in [0, 0.1) is 0 Å². The molecule has 0 aliphatic rings. The van der Waals surface area contributed by atoms with E-state index in [1.807, 2.05) is 24.3 Å². The second-order valence-corrected chi connectivity index (χ2v) is 4.70. The van der Waals surface area contributed by atoms with Crippen LogP contribution in [0.4, 0.5) is 5.82 Å². The summed E-state index contributed by atoms with van der Waals surface area (Å²) in [7, 11) is 0. The van der Waals surface area contributed by atoms with Crippen molar-refractivity contribution in [3.8, 4) is 11.3 Å². The van der Waals surface area contributed by atoms with E-state index in [1.165, 1.54) is 0 Å². The third kappa shape index (κ3) is 1.49. The lowest BCUT2D eigenvalue weighted by atomic mass is 9.98. The van der Waals surface area contributed by atoms with Gasteiger partial charge >= 0.3 is 0 Å². The predicted octanol–water partition coefficient (Wildman–Crippen LogP) is 3.53. The molecule has 3 aromatic rings. The van der Waals surface area contributed by atoms with Crippen LogP contribution in [0.25, 0.3) is 22.2 Å². The number of nitrogens with two attached hydrogens (primary N) is 1. The Morgan fingerprint density at radius 3 is 2.83 bits per heavy atom. The highest BCUT2D eigenvalue weighted by atomic mass is 16.3. The van der Waals surface area contributed by atoms with Gasteiger partial charge in [0.2, 0.25) is 0 Å². The first-order valence-corrected chi connectivity index (χ1v) is 5.99. The van der Waals surface area contributed by atoms with E-state index >= 15 is 0 Å². The Kier molecular flexibility index (Phi) is 2.37. The Morgan fingerprint density at radius 2 is 2.06 bits per heavy atom. The topological polar surface area (TPSA) is 67.8 Å². The maximum atomic E-state index is 5.92. The van der Waals surface area contributed by atoms with E-state index in [2.05, 4.69) is 24.0 Å². The summed E-state index contributed by atoms with van der Waals surface area (Å²) in [5, 5.41) is 8.20. The molecule has 0 fully saturated rings. The molecule has 18 heavy (non-hydrogen) atoms. The number of nitrogens with one attached hydrogen (secondary N) is 1. The number of rotatable bonds is 2. The summed E-state index contributed by atoms with van der Waals surface area (Å²) in [5.41, 5.74) is 9.80. The average molecular weight is 241 g/mol. The molecule has 0 aliphatic heterocycles. The van der Waals surface area contributed by atoms with Crippen molar-refractivity contribution in [1.29, 1.82) is 0 Å². The van der Waals surface area contributed by atoms with Gasteiger partial charge in [-0.25, -0.2) is 0 Å². The van der Waals surface area contributed by atoms with Crippen LogP contribution in [0.1, 0.15) is 25.3 Å². The number of anilines is 1. The summed E-state index contributed by atoms with van der Waals surface area (Å²) in [4.78, 5) is 0. The molecule has 4 heteroatoms. The highest BCUT2D eigenvalue weighted by Crippen LogP contribution is 2.36. The van der Waals surface area contributed by atoms with E-state index in [4.69, 9.17) is 10.2 Å². The molecule has 0 unspecified atom stereocenters. The number of fused-ring (bicyclic) bond motifs is 1. The van der Waals surface area contributed by atoms with Crippen molar-refractivity contribution in [1.82, 2.24) is 10.2 Å². The van der Waals surface area contributed by atoms with Gasteiger partial charge in [0.05, 0.1) is 5.69 Å². The molecule has 1 aromatic carbocycles. The van der Waals surface area contributed by atoms with E-state index in [0.717, 1.165) is 27.8 Å². The van der Waals surface area contributed by atoms with Crippen LogP contribution in [0.15, 0.2) is 34.9 Å². The van der Waals surface area contributed by atoms with Crippen molar-refractivity contribution in [2.45, 2.75) is 19.8 Å². The smallest absolute Gasteiger partial charge is 0.149 e. The standard InChI is InChI=1S/C14H15N3O/c1-8(2)12-13(16-17-14(12)15)10-7-18-11-6-4-3-5-9(10)11/h3-8H,1-2H3,(H3,15,16,17). The van der Waals surface area contributed by atoms with Crippen molar-refractivity contribution in [3.05, 3.63) is 36.1 Å². The Labute approximate surface area is 105 Å². The first kappa shape index (κ1) is 10.9. The highest BCUT2D eigenvalue weighted by molar-refractivity contribution is 5.94. The van der Waals surface area contributed by atoms with Gasteiger partial charge in [-0.05, 0) is 12.0 Å². The van der Waals surface area contributed by atoms with Gasteiger partial charge in [-0.1, -0.05) is 32.0 Å². The summed E-state index contributed by atoms with van der Waals surface area (Å²) in [5.74, 6) is 0.873. The Bertz CT molecular complexity index is 694. The molecule has 0 saturated heterocycles. The highest BCUT2D eigenvalue weighted by Gasteiger charge is 2.18. The van der Waals surface area contributed by atoms with Crippen LogP contribution < -0.4 is 5.73 Å². The number of H-pyrrole nitrogens is 1. The van der Waals surface area contributed by atoms with Crippen molar-refractivity contribution in [3.63, 3.8) is 0 Å². The van der Waals surface area contributed by atoms with Crippen molar-refractivity contribution in [2.24, 2.45) is 0 Å². The van der Waals surface area contributed by atoms with Gasteiger partial charge in [-0.3, -0.25) is 5.10 Å². The Balaban J connectivity index is 2.27. The second kappa shape index (κ2) is 3.91. The average Bonchev–Trinajstić information content (AvgIpc) is 2.92. The molecule has 0 amide bonds. The second-order valence-electron chi connectivity index (χ2n) is 4.70. The minimum Gasteiger partial charge on any atom is -0.464 e. The maximum absolute atomic E-state index is 5.92. The van der Waals surface area contributed by atoms with Gasteiger partial charge < -0.3 is 10.2 Å². The number of aromatic amines is 1. The zero-order chi connectivity index (χ0) is 12.7. The van der Waals surface area contributed by atoms with Crippen molar-refractivity contribution < 1.29 is 4.42 Å².